The Morgan fingerprint density at radius 3 is 2.36 bits per heavy atom. The van der Waals surface area contributed by atoms with E-state index in [1.807, 2.05) is 79.7 Å². The van der Waals surface area contributed by atoms with Crippen LogP contribution in [0.2, 0.25) is 0 Å². The van der Waals surface area contributed by atoms with Crippen molar-refractivity contribution in [2.24, 2.45) is 7.05 Å². The van der Waals surface area contributed by atoms with Crippen LogP contribution in [0.3, 0.4) is 0 Å². The number of nitrogens with zero attached hydrogens (tertiary/aromatic N) is 2. The van der Waals surface area contributed by atoms with E-state index in [9.17, 15) is 0 Å². The maximum Gasteiger partial charge on any atom is 0.127 e. The molecule has 1 aromatic heterocycles. The second-order valence-corrected chi connectivity index (χ2v) is 7.09. The van der Waals surface area contributed by atoms with Gasteiger partial charge >= 0.3 is 0 Å². The van der Waals surface area contributed by atoms with Crippen LogP contribution in [0.1, 0.15) is 5.69 Å². The summed E-state index contributed by atoms with van der Waals surface area (Å²) in [7, 11) is 4.00. The number of hydrogen-bond acceptors (Lipinski definition) is 5. The van der Waals surface area contributed by atoms with Gasteiger partial charge in [0.15, 0.2) is 0 Å². The van der Waals surface area contributed by atoms with Gasteiger partial charge in [-0.25, -0.2) is 0 Å². The predicted molar refractivity (Wildman–Crippen MR) is 118 cm³/mol. The third-order valence-electron chi connectivity index (χ3n) is 4.21. The Morgan fingerprint density at radius 2 is 1.79 bits per heavy atom. The molecule has 0 aliphatic heterocycles. The van der Waals surface area contributed by atoms with Gasteiger partial charge in [0, 0.05) is 31.4 Å². The van der Waals surface area contributed by atoms with E-state index in [0.29, 0.717) is 0 Å². The first-order valence-electron chi connectivity index (χ1n) is 8.79. The zero-order chi connectivity index (χ0) is 19.9. The van der Waals surface area contributed by atoms with Gasteiger partial charge in [-0.2, -0.15) is 0 Å². The van der Waals surface area contributed by atoms with E-state index in [2.05, 4.69) is 33.3 Å². The lowest BCUT2D eigenvalue weighted by Crippen LogP contribution is -2.31. The third kappa shape index (κ3) is 4.66. The molecule has 0 radical (unpaired) electrons. The minimum Gasteiger partial charge on any atom is -0.457 e. The molecule has 0 saturated carbocycles. The molecule has 0 spiro atoms. The molecule has 0 unspecified atom stereocenters. The lowest BCUT2D eigenvalue weighted by molar-refractivity contribution is 0.483. The van der Waals surface area contributed by atoms with Crippen LogP contribution in [0.4, 0.5) is 5.69 Å². The Hall–Kier alpha value is -3.38. The normalized spacial score (nSPS) is 11.0. The standard InChI is InChI=1S/C22H24N4OS/c1-5-23-24-22(15-19-16-28-26(19)4)17(2)25(3)18-11-13-21(14-12-18)27-20-9-7-6-8-10-20/h5-16,23-24H,1-2H2,3-4H3/b22-15-. The molecule has 0 bridgehead atoms. The van der Waals surface area contributed by atoms with Gasteiger partial charge in [-0.3, -0.25) is 5.43 Å². The number of rotatable bonds is 9. The summed E-state index contributed by atoms with van der Waals surface area (Å²) in [6, 6.07) is 17.6. The van der Waals surface area contributed by atoms with E-state index in [1.165, 1.54) is 0 Å². The largest absolute Gasteiger partial charge is 0.457 e. The number of hydrogen-bond donors (Lipinski definition) is 2. The van der Waals surface area contributed by atoms with Gasteiger partial charge in [0.05, 0.1) is 17.1 Å². The molecule has 0 aliphatic carbocycles. The number of ether oxygens (including phenoxy) is 1. The van der Waals surface area contributed by atoms with Crippen molar-refractivity contribution in [2.75, 3.05) is 11.9 Å². The van der Waals surface area contributed by atoms with Crippen LogP contribution in [-0.4, -0.2) is 11.0 Å². The van der Waals surface area contributed by atoms with Gasteiger partial charge < -0.3 is 19.0 Å². The number of likely N-dealkylation sites (N-methyl/N-ethyl adjacent to an activating group) is 1. The summed E-state index contributed by atoms with van der Waals surface area (Å²) >= 11 is 1.65. The average Bonchev–Trinajstić information content (AvgIpc) is 2.73. The van der Waals surface area contributed by atoms with Crippen molar-refractivity contribution in [1.29, 1.82) is 0 Å². The number of hydrazine groups is 1. The van der Waals surface area contributed by atoms with Crippen molar-refractivity contribution < 1.29 is 4.74 Å². The molecule has 5 nitrogen and oxygen atoms in total. The first kappa shape index (κ1) is 19.4. The van der Waals surface area contributed by atoms with Crippen LogP contribution in [0, 0.1) is 0 Å². The van der Waals surface area contributed by atoms with E-state index in [-0.39, 0.29) is 0 Å². The van der Waals surface area contributed by atoms with Crippen molar-refractivity contribution in [1.82, 2.24) is 14.8 Å². The lowest BCUT2D eigenvalue weighted by atomic mass is 10.2. The summed E-state index contributed by atoms with van der Waals surface area (Å²) in [5, 5.41) is 2.08. The van der Waals surface area contributed by atoms with Gasteiger partial charge in [-0.1, -0.05) is 42.9 Å². The van der Waals surface area contributed by atoms with E-state index in [4.69, 9.17) is 4.74 Å². The summed E-state index contributed by atoms with van der Waals surface area (Å²) in [4.78, 5) is 2.02. The van der Waals surface area contributed by atoms with Crippen molar-refractivity contribution in [2.45, 2.75) is 0 Å². The zero-order valence-corrected chi connectivity index (χ0v) is 16.9. The Balaban J connectivity index is 1.74. The minimum atomic E-state index is 0.787. The number of aromatic nitrogens is 1. The maximum absolute atomic E-state index is 5.86. The predicted octanol–water partition coefficient (Wildman–Crippen LogP) is 5.11. The number of anilines is 1. The molecular formula is C22H24N4OS. The molecule has 6 heteroatoms. The second kappa shape index (κ2) is 9.01. The molecule has 0 amide bonds. The Kier molecular flexibility index (Phi) is 6.24. The van der Waals surface area contributed by atoms with Crippen LogP contribution in [-0.2, 0) is 7.05 Å². The highest BCUT2D eigenvalue weighted by atomic mass is 32.1. The smallest absolute Gasteiger partial charge is 0.127 e. The molecular weight excluding hydrogens is 368 g/mol. The van der Waals surface area contributed by atoms with Gasteiger partial charge in [0.25, 0.3) is 0 Å². The molecule has 0 saturated heterocycles. The molecule has 0 atom stereocenters. The molecule has 0 aliphatic rings. The SMILES string of the molecule is C=CNN/C(=C\c1csn1C)C(=C)N(C)c1ccc(Oc2ccccc2)cc1. The molecule has 1 heterocycles. The number of para-hydroxylation sites is 1. The Labute approximate surface area is 170 Å². The molecule has 2 aromatic carbocycles. The summed E-state index contributed by atoms with van der Waals surface area (Å²) in [6.45, 7) is 7.93. The quantitative estimate of drug-likeness (QED) is 0.392. The van der Waals surface area contributed by atoms with E-state index < -0.39 is 0 Å². The lowest BCUT2D eigenvalue weighted by Gasteiger charge is -2.25. The van der Waals surface area contributed by atoms with Crippen molar-refractivity contribution in [3.63, 3.8) is 0 Å². The third-order valence-corrected chi connectivity index (χ3v) is 5.09. The van der Waals surface area contributed by atoms with Crippen molar-refractivity contribution >= 4 is 23.3 Å². The molecule has 0 fully saturated rings. The Morgan fingerprint density at radius 1 is 1.11 bits per heavy atom. The average molecular weight is 393 g/mol. The highest BCUT2D eigenvalue weighted by Gasteiger charge is 2.12. The fourth-order valence-electron chi connectivity index (χ4n) is 2.51. The first-order chi connectivity index (χ1) is 13.6. The van der Waals surface area contributed by atoms with Crippen LogP contribution >= 0.6 is 11.5 Å². The van der Waals surface area contributed by atoms with E-state index in [1.54, 1.807) is 17.7 Å². The monoisotopic (exact) mass is 392 g/mol. The minimum absolute atomic E-state index is 0.787. The molecule has 3 aromatic rings. The second-order valence-electron chi connectivity index (χ2n) is 6.09. The Bertz CT molecular complexity index is 954. The van der Waals surface area contributed by atoms with E-state index in [0.717, 1.165) is 34.3 Å². The fourth-order valence-corrected chi connectivity index (χ4v) is 3.07. The summed E-state index contributed by atoms with van der Waals surface area (Å²) in [6.07, 6.45) is 3.63. The van der Waals surface area contributed by atoms with Gasteiger partial charge in [-0.15, -0.1) is 0 Å². The molecule has 3 rings (SSSR count). The first-order valence-corrected chi connectivity index (χ1v) is 9.63. The number of benzene rings is 2. The highest BCUT2D eigenvalue weighted by Crippen LogP contribution is 2.27. The zero-order valence-electron chi connectivity index (χ0n) is 16.1. The van der Waals surface area contributed by atoms with Crippen molar-refractivity contribution in [3.8, 4) is 11.5 Å². The van der Waals surface area contributed by atoms with Crippen LogP contribution < -0.4 is 20.5 Å². The van der Waals surface area contributed by atoms with Gasteiger partial charge in [0.2, 0.25) is 0 Å². The van der Waals surface area contributed by atoms with Crippen LogP contribution in [0.25, 0.3) is 6.08 Å². The molecule has 28 heavy (non-hydrogen) atoms. The van der Waals surface area contributed by atoms with Gasteiger partial charge in [0.1, 0.15) is 11.5 Å². The summed E-state index contributed by atoms with van der Waals surface area (Å²) < 4.78 is 7.94. The van der Waals surface area contributed by atoms with E-state index >= 15 is 0 Å². The van der Waals surface area contributed by atoms with Gasteiger partial charge in [-0.05, 0) is 42.5 Å². The molecule has 144 valence electrons. The molecule has 2 N–H and O–H groups in total. The summed E-state index contributed by atoms with van der Waals surface area (Å²) in [5.74, 6) is 1.60. The van der Waals surface area contributed by atoms with Crippen molar-refractivity contribution in [3.05, 3.63) is 96.4 Å². The number of nitrogens with one attached hydrogen (secondary N) is 2. The fraction of sp³-hybridized carbons (Fsp3) is 0.0909. The van der Waals surface area contributed by atoms with Crippen LogP contribution in [0.15, 0.2) is 90.7 Å². The number of aryl methyl sites for hydroxylation is 1. The van der Waals surface area contributed by atoms with Crippen LogP contribution in [0.5, 0.6) is 11.5 Å². The highest BCUT2D eigenvalue weighted by molar-refractivity contribution is 7.05. The summed E-state index contributed by atoms with van der Waals surface area (Å²) in [5.41, 5.74) is 9.84. The topological polar surface area (TPSA) is 41.5 Å². The maximum atomic E-state index is 5.86.